The van der Waals surface area contributed by atoms with E-state index < -0.39 is 0 Å². The van der Waals surface area contributed by atoms with Crippen molar-refractivity contribution in [3.63, 3.8) is 0 Å². The summed E-state index contributed by atoms with van der Waals surface area (Å²) in [5.41, 5.74) is 2.66. The van der Waals surface area contributed by atoms with Crippen LogP contribution >= 0.6 is 0 Å². The van der Waals surface area contributed by atoms with Gasteiger partial charge in [0.1, 0.15) is 29.9 Å². The van der Waals surface area contributed by atoms with Crippen LogP contribution in [0.2, 0.25) is 0 Å². The number of nitrogens with zero attached hydrogens (tertiary/aromatic N) is 10. The number of aliphatic hydroxyl groups excluding tert-OH is 1. The minimum atomic E-state index is -0.277. The maximum Gasteiger partial charge on any atom is 0.256 e. The maximum atomic E-state index is 9.65. The molecular weight excluding hydrogens is 614 g/mol. The van der Waals surface area contributed by atoms with Gasteiger partial charge in [-0.3, -0.25) is 9.58 Å². The van der Waals surface area contributed by atoms with Crippen LogP contribution in [-0.4, -0.2) is 101 Å². The smallest absolute Gasteiger partial charge is 0.256 e. The van der Waals surface area contributed by atoms with E-state index in [1.165, 1.54) is 6.33 Å². The highest BCUT2D eigenvalue weighted by molar-refractivity contribution is 5.67. The van der Waals surface area contributed by atoms with Gasteiger partial charge >= 0.3 is 0 Å². The number of ether oxygens (including phenoxy) is 3. The third-order valence-corrected chi connectivity index (χ3v) is 8.74. The third kappa shape index (κ3) is 8.25. The number of tetrazole rings is 1. The molecular formula is C33H43N11O4. The molecule has 1 aromatic carbocycles. The fourth-order valence-electron chi connectivity index (χ4n) is 6.53. The number of aliphatic hydroxyl groups is 1. The van der Waals surface area contributed by atoms with Gasteiger partial charge in [-0.15, -0.1) is 10.2 Å². The average Bonchev–Trinajstić information content (AvgIpc) is 3.75. The average molecular weight is 658 g/mol. The number of benzene rings is 1. The van der Waals surface area contributed by atoms with Gasteiger partial charge in [0, 0.05) is 50.1 Å². The molecule has 2 fully saturated rings. The van der Waals surface area contributed by atoms with Crippen LogP contribution in [-0.2, 0) is 11.3 Å². The van der Waals surface area contributed by atoms with E-state index in [2.05, 4.69) is 55.6 Å². The molecule has 0 radical (unpaired) electrons. The van der Waals surface area contributed by atoms with Crippen molar-refractivity contribution in [2.75, 3.05) is 31.6 Å². The number of nitriles is 1. The van der Waals surface area contributed by atoms with Crippen molar-refractivity contribution in [1.82, 2.24) is 44.9 Å². The van der Waals surface area contributed by atoms with Crippen LogP contribution in [0.1, 0.15) is 64.5 Å². The summed E-state index contributed by atoms with van der Waals surface area (Å²) in [6, 6.07) is 8.40. The molecule has 2 aliphatic rings. The van der Waals surface area contributed by atoms with Gasteiger partial charge in [-0.05, 0) is 74.6 Å². The number of morpholine rings is 1. The van der Waals surface area contributed by atoms with Crippen molar-refractivity contribution in [3.05, 3.63) is 48.7 Å². The zero-order chi connectivity index (χ0) is 33.5. The van der Waals surface area contributed by atoms with Gasteiger partial charge < -0.3 is 24.6 Å². The quantitative estimate of drug-likeness (QED) is 0.199. The summed E-state index contributed by atoms with van der Waals surface area (Å²) in [5.74, 6) is 1.31. The summed E-state index contributed by atoms with van der Waals surface area (Å²) in [4.78, 5) is 11.7. The van der Waals surface area contributed by atoms with Crippen LogP contribution in [0.4, 0.5) is 11.6 Å². The van der Waals surface area contributed by atoms with Crippen molar-refractivity contribution >= 4 is 11.6 Å². The van der Waals surface area contributed by atoms with Gasteiger partial charge in [0.25, 0.3) is 5.88 Å². The predicted octanol–water partition coefficient (Wildman–Crippen LogP) is 3.76. The molecule has 1 unspecified atom stereocenters. The molecule has 1 aliphatic heterocycles. The van der Waals surface area contributed by atoms with Crippen molar-refractivity contribution in [2.45, 2.75) is 89.8 Å². The summed E-state index contributed by atoms with van der Waals surface area (Å²) in [5, 5.41) is 38.2. The van der Waals surface area contributed by atoms with Crippen LogP contribution < -0.4 is 14.8 Å². The standard InChI is InChI=1S/C33H43N11O4/c1-22-17-42(18-23(2)47-22)28-7-9-29(10-8-28)44-20-30(32(39-44)46-12-4-11-45)38-33-35-15-27(16-36-33)25-5-6-26(14-34)31(13-25)48-24(3)19-43-21-37-40-41-43/h5-6,13,15-16,20-24,28-29,45H,4,7-12,17-19H2,1-3H3,(H,35,36,38)/t22-,23+,24?,28?,29?. The van der Waals surface area contributed by atoms with E-state index in [0.717, 1.165) is 49.9 Å². The first-order valence-corrected chi connectivity index (χ1v) is 16.6. The summed E-state index contributed by atoms with van der Waals surface area (Å²) < 4.78 is 21.6. The molecule has 4 aromatic rings. The third-order valence-electron chi connectivity index (χ3n) is 8.74. The van der Waals surface area contributed by atoms with Crippen molar-refractivity contribution < 1.29 is 19.3 Å². The Kier molecular flexibility index (Phi) is 10.7. The highest BCUT2D eigenvalue weighted by Crippen LogP contribution is 2.35. The summed E-state index contributed by atoms with van der Waals surface area (Å²) >= 11 is 0. The van der Waals surface area contributed by atoms with E-state index in [0.29, 0.717) is 54.4 Å². The maximum absolute atomic E-state index is 9.65. The monoisotopic (exact) mass is 657 g/mol. The second-order valence-electron chi connectivity index (χ2n) is 12.6. The van der Waals surface area contributed by atoms with Crippen LogP contribution in [0, 0.1) is 11.3 Å². The Morgan fingerprint density at radius 3 is 2.52 bits per heavy atom. The topological polar surface area (TPSA) is 174 Å². The lowest BCUT2D eigenvalue weighted by molar-refractivity contribution is -0.0852. The molecule has 15 nitrogen and oxygen atoms in total. The predicted molar refractivity (Wildman–Crippen MR) is 176 cm³/mol. The zero-order valence-corrected chi connectivity index (χ0v) is 27.6. The van der Waals surface area contributed by atoms with Gasteiger partial charge in [0.15, 0.2) is 0 Å². The molecule has 254 valence electrons. The van der Waals surface area contributed by atoms with E-state index in [4.69, 9.17) is 19.3 Å². The zero-order valence-electron chi connectivity index (χ0n) is 27.6. The minimum absolute atomic E-state index is 0.0388. The molecule has 0 bridgehead atoms. The van der Waals surface area contributed by atoms with E-state index >= 15 is 0 Å². The number of nitrogens with one attached hydrogen (secondary N) is 1. The molecule has 3 aromatic heterocycles. The summed E-state index contributed by atoms with van der Waals surface area (Å²) in [7, 11) is 0. The van der Waals surface area contributed by atoms with Crippen molar-refractivity contribution in [2.24, 2.45) is 0 Å². The Hall–Kier alpha value is -4.65. The number of rotatable bonds is 13. The van der Waals surface area contributed by atoms with Crippen LogP contribution in [0.5, 0.6) is 11.6 Å². The van der Waals surface area contributed by atoms with Crippen LogP contribution in [0.3, 0.4) is 0 Å². The lowest BCUT2D eigenvalue weighted by atomic mass is 9.89. The Morgan fingerprint density at radius 2 is 1.83 bits per heavy atom. The van der Waals surface area contributed by atoms with Gasteiger partial charge in [0.05, 0.1) is 43.2 Å². The molecule has 2 N–H and O–H groups in total. The molecule has 15 heteroatoms. The molecule has 3 atom stereocenters. The van der Waals surface area contributed by atoms with E-state index in [9.17, 15) is 10.4 Å². The molecule has 1 saturated heterocycles. The number of hydrogen-bond acceptors (Lipinski definition) is 13. The van der Waals surface area contributed by atoms with E-state index in [-0.39, 0.29) is 31.0 Å². The molecule has 6 rings (SSSR count). The Bertz CT molecular complexity index is 1640. The lowest BCUT2D eigenvalue weighted by Gasteiger charge is -2.42. The first-order valence-electron chi connectivity index (χ1n) is 16.6. The first kappa shape index (κ1) is 33.3. The van der Waals surface area contributed by atoms with Crippen molar-refractivity contribution in [3.8, 4) is 28.8 Å². The highest BCUT2D eigenvalue weighted by atomic mass is 16.5. The fourth-order valence-corrected chi connectivity index (χ4v) is 6.53. The van der Waals surface area contributed by atoms with Gasteiger partial charge in [-0.1, -0.05) is 6.07 Å². The molecule has 4 heterocycles. The van der Waals surface area contributed by atoms with Gasteiger partial charge in [-0.2, -0.15) is 5.26 Å². The second-order valence-corrected chi connectivity index (χ2v) is 12.6. The molecule has 1 aliphatic carbocycles. The Labute approximate surface area is 279 Å². The lowest BCUT2D eigenvalue weighted by Crippen LogP contribution is -2.51. The van der Waals surface area contributed by atoms with E-state index in [1.54, 1.807) is 23.1 Å². The molecule has 0 amide bonds. The largest absolute Gasteiger partial charge is 0.487 e. The van der Waals surface area contributed by atoms with Crippen molar-refractivity contribution in [1.29, 1.82) is 5.26 Å². The SMILES string of the molecule is CC(Cn1cnnn1)Oc1cc(-c2cnc(Nc3cn(C4CCC(N5C[C@@H](C)O[C@@H](C)C5)CC4)nc3OCCCO)nc2)ccc1C#N. The Morgan fingerprint density at radius 1 is 1.08 bits per heavy atom. The number of anilines is 2. The minimum Gasteiger partial charge on any atom is -0.487 e. The molecule has 1 saturated carbocycles. The van der Waals surface area contributed by atoms with E-state index in [1.807, 2.05) is 29.9 Å². The molecule has 0 spiro atoms. The van der Waals surface area contributed by atoms with Gasteiger partial charge in [-0.25, -0.2) is 14.6 Å². The normalized spacial score (nSPS) is 22.1. The summed E-state index contributed by atoms with van der Waals surface area (Å²) in [6.07, 6.45) is 12.0. The fraction of sp³-hybridized carbons (Fsp3) is 0.545. The number of aromatic nitrogens is 8. The highest BCUT2D eigenvalue weighted by Gasteiger charge is 2.32. The van der Waals surface area contributed by atoms with Crippen LogP contribution in [0.25, 0.3) is 11.1 Å². The van der Waals surface area contributed by atoms with Gasteiger partial charge in [0.2, 0.25) is 5.95 Å². The molecule has 48 heavy (non-hydrogen) atoms. The second kappa shape index (κ2) is 15.5. The first-order chi connectivity index (χ1) is 23.4. The number of hydrogen-bond donors (Lipinski definition) is 2. The Balaban J connectivity index is 1.12. The van der Waals surface area contributed by atoms with Crippen LogP contribution in [0.15, 0.2) is 43.1 Å². The summed E-state index contributed by atoms with van der Waals surface area (Å²) in [6.45, 7) is 8.99.